The van der Waals surface area contributed by atoms with Crippen LogP contribution in [0.25, 0.3) is 0 Å². The van der Waals surface area contributed by atoms with Crippen LogP contribution in [0.1, 0.15) is 71.3 Å². The highest BCUT2D eigenvalue weighted by molar-refractivity contribution is 7.86. The van der Waals surface area contributed by atoms with Crippen LogP contribution in [0.3, 0.4) is 0 Å². The maximum Gasteiger partial charge on any atom is 0.296 e. The number of allylic oxidation sites excluding steroid dienone is 4. The Labute approximate surface area is 205 Å². The number of ketones is 1. The number of rotatable bonds is 5. The van der Waals surface area contributed by atoms with Gasteiger partial charge in [0.15, 0.2) is 0 Å². The maximum atomic E-state index is 12.7. The molecule has 0 heterocycles. The molecular formula is C29H38O4S. The molecule has 4 aliphatic rings. The first kappa shape index (κ1) is 24.0. The van der Waals surface area contributed by atoms with Gasteiger partial charge in [0.05, 0.1) is 11.5 Å². The molecular weight excluding hydrogens is 444 g/mol. The molecule has 4 nitrogen and oxygen atoms in total. The minimum atomic E-state index is -3.74. The maximum absolute atomic E-state index is 12.7. The van der Waals surface area contributed by atoms with E-state index in [-0.39, 0.29) is 28.3 Å². The van der Waals surface area contributed by atoms with Gasteiger partial charge in [-0.25, -0.2) is 0 Å². The van der Waals surface area contributed by atoms with Gasteiger partial charge in [0, 0.05) is 12.8 Å². The van der Waals surface area contributed by atoms with Crippen molar-refractivity contribution < 1.29 is 17.4 Å². The molecule has 184 valence electrons. The van der Waals surface area contributed by atoms with E-state index in [9.17, 15) is 13.2 Å². The van der Waals surface area contributed by atoms with Gasteiger partial charge in [-0.3, -0.25) is 8.98 Å². The van der Waals surface area contributed by atoms with Crippen molar-refractivity contribution in [1.29, 1.82) is 0 Å². The van der Waals surface area contributed by atoms with E-state index in [0.29, 0.717) is 36.4 Å². The molecule has 1 aromatic rings. The van der Waals surface area contributed by atoms with Gasteiger partial charge in [0.2, 0.25) is 0 Å². The fourth-order valence-electron chi connectivity index (χ4n) is 7.88. The summed E-state index contributed by atoms with van der Waals surface area (Å²) in [4.78, 5) is 12.3. The van der Waals surface area contributed by atoms with Crippen molar-refractivity contribution >= 4 is 15.9 Å². The van der Waals surface area contributed by atoms with E-state index in [1.807, 2.05) is 6.92 Å². The van der Waals surface area contributed by atoms with E-state index >= 15 is 0 Å². The number of hydrogen-bond acceptors (Lipinski definition) is 4. The molecule has 6 atom stereocenters. The largest absolute Gasteiger partial charge is 0.299 e. The van der Waals surface area contributed by atoms with E-state index in [1.165, 1.54) is 5.57 Å². The van der Waals surface area contributed by atoms with Crippen LogP contribution in [0.5, 0.6) is 0 Å². The van der Waals surface area contributed by atoms with Gasteiger partial charge in [0.1, 0.15) is 5.78 Å². The first-order valence-electron chi connectivity index (χ1n) is 12.9. The molecule has 34 heavy (non-hydrogen) atoms. The Bertz CT molecular complexity index is 1150. The normalized spacial score (nSPS) is 36.1. The van der Waals surface area contributed by atoms with Crippen molar-refractivity contribution in [1.82, 2.24) is 0 Å². The molecule has 0 aliphatic heterocycles. The lowest BCUT2D eigenvalue weighted by Crippen LogP contribution is -2.46. The summed E-state index contributed by atoms with van der Waals surface area (Å²) < 4.78 is 31.1. The molecule has 0 spiro atoms. The lowest BCUT2D eigenvalue weighted by atomic mass is 9.50. The van der Waals surface area contributed by atoms with Gasteiger partial charge in [-0.15, -0.1) is 0 Å². The molecule has 5 heteroatoms. The fraction of sp³-hybridized carbons (Fsp3) is 0.621. The van der Waals surface area contributed by atoms with Crippen LogP contribution in [0.2, 0.25) is 0 Å². The minimum Gasteiger partial charge on any atom is -0.299 e. The topological polar surface area (TPSA) is 60.4 Å². The van der Waals surface area contributed by atoms with Gasteiger partial charge < -0.3 is 0 Å². The molecule has 2 unspecified atom stereocenters. The highest BCUT2D eigenvalue weighted by atomic mass is 32.2. The van der Waals surface area contributed by atoms with Gasteiger partial charge in [0.25, 0.3) is 10.1 Å². The third-order valence-electron chi connectivity index (χ3n) is 9.96. The number of benzene rings is 1. The Morgan fingerprint density at radius 2 is 1.76 bits per heavy atom. The fourth-order valence-corrected chi connectivity index (χ4v) is 8.88. The van der Waals surface area contributed by atoms with Crippen LogP contribution in [-0.2, 0) is 19.1 Å². The van der Waals surface area contributed by atoms with Crippen LogP contribution >= 0.6 is 0 Å². The minimum absolute atomic E-state index is 0.133. The third-order valence-corrected chi connectivity index (χ3v) is 11.3. The molecule has 5 rings (SSSR count). The average molecular weight is 483 g/mol. The Morgan fingerprint density at radius 1 is 1.03 bits per heavy atom. The average Bonchev–Trinajstić information content (AvgIpc) is 3.15. The zero-order valence-corrected chi connectivity index (χ0v) is 21.8. The Hall–Kier alpha value is -1.72. The van der Waals surface area contributed by atoms with E-state index in [1.54, 1.807) is 29.8 Å². The summed E-state index contributed by atoms with van der Waals surface area (Å²) >= 11 is 0. The molecule has 4 aliphatic carbocycles. The summed E-state index contributed by atoms with van der Waals surface area (Å²) in [5.41, 5.74) is 4.27. The number of aryl methyl sites for hydroxylation is 1. The highest BCUT2D eigenvalue weighted by Gasteiger charge is 2.57. The number of Topliss-reactive ketones (excluding diaryl/α,β-unsaturated/α-hetero) is 1. The monoisotopic (exact) mass is 482 g/mol. The van der Waals surface area contributed by atoms with Crippen molar-refractivity contribution in [2.75, 3.05) is 6.61 Å². The highest BCUT2D eigenvalue weighted by Crippen LogP contribution is 2.65. The van der Waals surface area contributed by atoms with Crippen molar-refractivity contribution in [3.8, 4) is 0 Å². The van der Waals surface area contributed by atoms with Crippen molar-refractivity contribution in [2.45, 2.75) is 77.5 Å². The number of fused-ring (bicyclic) bond motifs is 5. The van der Waals surface area contributed by atoms with E-state index in [0.717, 1.165) is 37.7 Å². The van der Waals surface area contributed by atoms with E-state index in [4.69, 9.17) is 4.18 Å². The summed E-state index contributed by atoms with van der Waals surface area (Å²) in [5, 5.41) is 0. The van der Waals surface area contributed by atoms with E-state index < -0.39 is 10.1 Å². The Morgan fingerprint density at radius 3 is 2.50 bits per heavy atom. The molecule has 0 saturated heterocycles. The van der Waals surface area contributed by atoms with Crippen LogP contribution in [0, 0.1) is 41.4 Å². The molecule has 0 bridgehead atoms. The summed E-state index contributed by atoms with van der Waals surface area (Å²) in [6, 6.07) is 6.86. The third kappa shape index (κ3) is 3.83. The number of carbonyl (C=O) groups excluding carboxylic acids is 1. The van der Waals surface area contributed by atoms with Crippen LogP contribution in [0.4, 0.5) is 0 Å². The molecule has 3 saturated carbocycles. The summed E-state index contributed by atoms with van der Waals surface area (Å²) in [7, 11) is -3.74. The van der Waals surface area contributed by atoms with Crippen molar-refractivity contribution in [3.63, 3.8) is 0 Å². The summed E-state index contributed by atoms with van der Waals surface area (Å²) in [6.07, 6.45) is 11.5. The summed E-state index contributed by atoms with van der Waals surface area (Å²) in [6.45, 7) is 9.16. The molecule has 0 amide bonds. The predicted molar refractivity (Wildman–Crippen MR) is 134 cm³/mol. The molecule has 3 fully saturated rings. The quantitative estimate of drug-likeness (QED) is 0.455. The van der Waals surface area contributed by atoms with Gasteiger partial charge >= 0.3 is 0 Å². The summed E-state index contributed by atoms with van der Waals surface area (Å²) in [5.74, 6) is 2.09. The second-order valence-corrected chi connectivity index (χ2v) is 13.5. The van der Waals surface area contributed by atoms with Crippen LogP contribution in [0.15, 0.2) is 52.5 Å². The zero-order valence-electron chi connectivity index (χ0n) is 21.0. The Kier molecular flexibility index (Phi) is 5.96. The molecule has 0 aromatic heterocycles. The smallest absolute Gasteiger partial charge is 0.296 e. The lowest BCUT2D eigenvalue weighted by molar-refractivity contribution is -0.120. The van der Waals surface area contributed by atoms with Gasteiger partial charge in [-0.1, -0.05) is 61.8 Å². The van der Waals surface area contributed by atoms with Gasteiger partial charge in [-0.05, 0) is 85.7 Å². The van der Waals surface area contributed by atoms with E-state index in [2.05, 4.69) is 32.9 Å². The predicted octanol–water partition coefficient (Wildman–Crippen LogP) is 6.40. The van der Waals surface area contributed by atoms with Crippen molar-refractivity contribution in [3.05, 3.63) is 53.1 Å². The van der Waals surface area contributed by atoms with Crippen LogP contribution < -0.4 is 0 Å². The van der Waals surface area contributed by atoms with Gasteiger partial charge in [-0.2, -0.15) is 8.42 Å². The lowest BCUT2D eigenvalue weighted by Gasteiger charge is -2.54. The standard InChI is InChI=1S/C29H38O4S/c1-19-5-8-23(9-6-19)34(31,32)33-18-20(2)25-11-12-26-24-10-7-21-17-22(30)13-15-28(21,3)27(24)14-16-29(25,26)4/h5-10,20,25-27H,11-18H2,1-4H3/t20-,25-,26?,27?,28-,29-/m1/s1. The molecule has 0 radical (unpaired) electrons. The molecule has 1 aromatic carbocycles. The zero-order chi connectivity index (χ0) is 24.3. The first-order valence-corrected chi connectivity index (χ1v) is 14.3. The number of hydrogen-bond donors (Lipinski definition) is 0. The Balaban J connectivity index is 1.32. The van der Waals surface area contributed by atoms with Crippen LogP contribution in [-0.4, -0.2) is 20.8 Å². The number of carbonyl (C=O) groups is 1. The second kappa shape index (κ2) is 8.44. The SMILES string of the molecule is Cc1ccc(S(=O)(=O)OC[C@@H](C)[C@H]2CCC3C4=CC=C5CC(=O)CC[C@@]5(C)C4CC[C@@]32C)cc1. The first-order chi connectivity index (χ1) is 16.0. The molecule has 0 N–H and O–H groups in total. The van der Waals surface area contributed by atoms with Crippen molar-refractivity contribution in [2.24, 2.45) is 34.5 Å². The second-order valence-electron chi connectivity index (χ2n) is 11.9.